The Hall–Kier alpha value is 0.1000. The Labute approximate surface area is 138 Å². The molecule has 0 aliphatic heterocycles. The van der Waals surface area contributed by atoms with Crippen LogP contribution in [0, 0.1) is 6.07 Å². The molecule has 0 heterocycles. The predicted octanol–water partition coefficient (Wildman–Crippen LogP) is 6.84. The van der Waals surface area contributed by atoms with Crippen LogP contribution < -0.4 is 0 Å². The molecule has 3 rings (SSSR count). The molecule has 1 radical (unpaired) electrons. The lowest BCUT2D eigenvalue weighted by atomic mass is 10.0. The summed E-state index contributed by atoms with van der Waals surface area (Å²) in [6, 6.07) is 13.9. The lowest BCUT2D eigenvalue weighted by molar-refractivity contribution is 1.60. The molecule has 0 bridgehead atoms. The van der Waals surface area contributed by atoms with Gasteiger partial charge in [-0.15, -0.1) is 0 Å². The second-order valence-corrected chi connectivity index (χ2v) is 7.16. The molecule has 0 saturated carbocycles. The van der Waals surface area contributed by atoms with Gasteiger partial charge in [0.25, 0.3) is 0 Å². The topological polar surface area (TPSA) is 0 Å². The van der Waals surface area contributed by atoms with E-state index >= 15 is 0 Å². The summed E-state index contributed by atoms with van der Waals surface area (Å²) in [5.41, 5.74) is 0. The van der Waals surface area contributed by atoms with Gasteiger partial charge in [-0.05, 0) is 87.5 Å². The monoisotopic (exact) mass is 489 g/mol. The zero-order valence-corrected chi connectivity index (χ0v) is 15.2. The molecule has 3 aromatic rings. The van der Waals surface area contributed by atoms with E-state index in [2.05, 4.69) is 94.1 Å². The molecule has 0 amide bonds. The van der Waals surface area contributed by atoms with Crippen LogP contribution in [0.4, 0.5) is 0 Å². The number of benzene rings is 3. The number of rotatable bonds is 0. The third-order valence-corrected chi connectivity index (χ3v) is 6.80. The summed E-state index contributed by atoms with van der Waals surface area (Å²) in [5.74, 6) is 0. The summed E-state index contributed by atoms with van der Waals surface area (Å²) < 4.78 is 4.06. The standard InChI is InChI=1S/C14H5Br4/c15-11-3-1-2-7-4-8-5-12(16)14(18)13(17)10(8)6-9(7)11/h1-4,6H. The van der Waals surface area contributed by atoms with E-state index in [1.54, 1.807) is 0 Å². The molecule has 18 heavy (non-hydrogen) atoms. The van der Waals surface area contributed by atoms with Crippen LogP contribution in [0.2, 0.25) is 0 Å². The Bertz CT molecular complexity index is 778. The van der Waals surface area contributed by atoms with Crippen LogP contribution in [0.15, 0.2) is 48.2 Å². The number of halogens is 4. The summed E-state index contributed by atoms with van der Waals surface area (Å²) in [6.07, 6.45) is 0. The highest BCUT2D eigenvalue weighted by Gasteiger charge is 2.10. The van der Waals surface area contributed by atoms with E-state index in [-0.39, 0.29) is 0 Å². The summed E-state index contributed by atoms with van der Waals surface area (Å²) in [4.78, 5) is 0. The normalized spacial score (nSPS) is 11.3. The van der Waals surface area contributed by atoms with E-state index in [0.717, 1.165) is 28.7 Å². The fourth-order valence-corrected chi connectivity index (χ4v) is 3.97. The van der Waals surface area contributed by atoms with Gasteiger partial charge in [0, 0.05) is 24.0 Å². The summed E-state index contributed by atoms with van der Waals surface area (Å²) >= 11 is 14.3. The number of fused-ring (bicyclic) bond motifs is 2. The molecule has 89 valence electrons. The zero-order chi connectivity index (χ0) is 12.9. The third-order valence-electron chi connectivity index (χ3n) is 2.83. The van der Waals surface area contributed by atoms with Crippen LogP contribution in [-0.2, 0) is 0 Å². The van der Waals surface area contributed by atoms with Crippen LogP contribution in [-0.4, -0.2) is 0 Å². The van der Waals surface area contributed by atoms with Crippen LogP contribution in [0.5, 0.6) is 0 Å². The molecule has 0 fully saturated rings. The quantitative estimate of drug-likeness (QED) is 0.238. The van der Waals surface area contributed by atoms with E-state index in [0.29, 0.717) is 0 Å². The maximum atomic E-state index is 3.63. The average molecular weight is 493 g/mol. The minimum absolute atomic E-state index is 0.927. The predicted molar refractivity (Wildman–Crippen MR) is 91.1 cm³/mol. The molecule has 0 aliphatic carbocycles. The average Bonchev–Trinajstić information content (AvgIpc) is 2.35. The molecule has 0 spiro atoms. The molecule has 0 aliphatic rings. The molecule has 0 nitrogen and oxygen atoms in total. The van der Waals surface area contributed by atoms with Crippen molar-refractivity contribution >= 4 is 85.3 Å². The van der Waals surface area contributed by atoms with Gasteiger partial charge < -0.3 is 0 Å². The van der Waals surface area contributed by atoms with Crippen molar-refractivity contribution in [2.24, 2.45) is 0 Å². The van der Waals surface area contributed by atoms with Gasteiger partial charge in [-0.2, -0.15) is 0 Å². The minimum atomic E-state index is 0.927. The van der Waals surface area contributed by atoms with Crippen LogP contribution in [0.1, 0.15) is 0 Å². The molecule has 0 aromatic heterocycles. The van der Waals surface area contributed by atoms with E-state index in [1.165, 1.54) is 10.8 Å². The lowest BCUT2D eigenvalue weighted by Crippen LogP contribution is -1.82. The van der Waals surface area contributed by atoms with Gasteiger partial charge in [0.2, 0.25) is 0 Å². The van der Waals surface area contributed by atoms with Crippen LogP contribution in [0.25, 0.3) is 21.5 Å². The third kappa shape index (κ3) is 2.07. The molecule has 3 aromatic carbocycles. The molecule has 0 atom stereocenters. The van der Waals surface area contributed by atoms with Crippen LogP contribution in [0.3, 0.4) is 0 Å². The first-order chi connectivity index (χ1) is 8.58. The molecule has 4 heteroatoms. The second kappa shape index (κ2) is 4.89. The second-order valence-electron chi connectivity index (χ2n) is 3.93. The van der Waals surface area contributed by atoms with Gasteiger partial charge in [0.05, 0.1) is 0 Å². The minimum Gasteiger partial charge on any atom is -0.0605 e. The van der Waals surface area contributed by atoms with E-state index in [1.807, 2.05) is 6.07 Å². The maximum Gasteiger partial charge on any atom is 0.0472 e. The van der Waals surface area contributed by atoms with Crippen molar-refractivity contribution in [2.75, 3.05) is 0 Å². The summed E-state index contributed by atoms with van der Waals surface area (Å²) in [6.45, 7) is 0. The Balaban J connectivity index is 2.54. The Kier molecular flexibility index (Phi) is 3.56. The van der Waals surface area contributed by atoms with Gasteiger partial charge in [0.1, 0.15) is 0 Å². The molecule has 0 saturated heterocycles. The number of hydrogen-bond acceptors (Lipinski definition) is 0. The highest BCUT2D eigenvalue weighted by atomic mass is 79.9. The summed E-state index contributed by atoms with van der Waals surface area (Å²) in [7, 11) is 0. The van der Waals surface area contributed by atoms with E-state index < -0.39 is 0 Å². The Morgan fingerprint density at radius 2 is 1.61 bits per heavy atom. The van der Waals surface area contributed by atoms with Crippen molar-refractivity contribution in [3.63, 3.8) is 0 Å². The van der Waals surface area contributed by atoms with Crippen molar-refractivity contribution in [2.45, 2.75) is 0 Å². The molecule has 0 N–H and O–H groups in total. The van der Waals surface area contributed by atoms with Crippen molar-refractivity contribution in [1.82, 2.24) is 0 Å². The maximum absolute atomic E-state index is 3.63. The zero-order valence-electron chi connectivity index (χ0n) is 8.90. The fraction of sp³-hybridized carbons (Fsp3) is 0. The molecular formula is C14H5Br4. The number of hydrogen-bond donors (Lipinski definition) is 0. The first kappa shape index (κ1) is 13.1. The SMILES string of the molecule is Brc1[c]c2cc3cccc(Br)c3cc2c(Br)c1Br. The molecule has 0 unspecified atom stereocenters. The van der Waals surface area contributed by atoms with Gasteiger partial charge >= 0.3 is 0 Å². The largest absolute Gasteiger partial charge is 0.0605 e. The lowest BCUT2D eigenvalue weighted by Gasteiger charge is -2.08. The van der Waals surface area contributed by atoms with Crippen molar-refractivity contribution in [3.8, 4) is 0 Å². The highest BCUT2D eigenvalue weighted by molar-refractivity contribution is 9.14. The van der Waals surface area contributed by atoms with E-state index in [4.69, 9.17) is 0 Å². The van der Waals surface area contributed by atoms with Gasteiger partial charge in [-0.3, -0.25) is 0 Å². The fourth-order valence-electron chi connectivity index (χ4n) is 1.96. The Morgan fingerprint density at radius 1 is 0.833 bits per heavy atom. The van der Waals surface area contributed by atoms with Crippen molar-refractivity contribution in [1.29, 1.82) is 0 Å². The van der Waals surface area contributed by atoms with Crippen molar-refractivity contribution in [3.05, 3.63) is 54.3 Å². The molecular weight excluding hydrogens is 488 g/mol. The first-order valence-corrected chi connectivity index (χ1v) is 8.33. The van der Waals surface area contributed by atoms with Gasteiger partial charge in [-0.25, -0.2) is 0 Å². The van der Waals surface area contributed by atoms with Crippen molar-refractivity contribution < 1.29 is 0 Å². The van der Waals surface area contributed by atoms with Gasteiger partial charge in [0.15, 0.2) is 0 Å². The Morgan fingerprint density at radius 3 is 2.39 bits per heavy atom. The van der Waals surface area contributed by atoms with Crippen LogP contribution >= 0.6 is 63.7 Å². The van der Waals surface area contributed by atoms with Gasteiger partial charge in [-0.1, -0.05) is 28.1 Å². The smallest absolute Gasteiger partial charge is 0.0472 e. The first-order valence-electron chi connectivity index (χ1n) is 5.15. The summed E-state index contributed by atoms with van der Waals surface area (Å²) in [5, 5.41) is 4.63. The highest BCUT2D eigenvalue weighted by Crippen LogP contribution is 2.39. The van der Waals surface area contributed by atoms with E-state index in [9.17, 15) is 0 Å².